The lowest BCUT2D eigenvalue weighted by molar-refractivity contribution is -0.133. The number of nitriles is 1. The first-order valence-electron chi connectivity index (χ1n) is 6.13. The largest absolute Gasteiger partial charge is 0.389 e. The predicted octanol–water partition coefficient (Wildman–Crippen LogP) is 3.59. The first-order chi connectivity index (χ1) is 9.96. The van der Waals surface area contributed by atoms with Crippen LogP contribution >= 0.6 is 0 Å². The molecule has 21 heavy (non-hydrogen) atoms. The van der Waals surface area contributed by atoms with Gasteiger partial charge in [0.05, 0.1) is 0 Å². The third-order valence-corrected chi connectivity index (χ3v) is 2.68. The molecule has 0 unspecified atom stereocenters. The number of aromatic nitrogens is 2. The predicted molar refractivity (Wildman–Crippen MR) is 70.8 cm³/mol. The molecule has 2 aromatic rings. The van der Waals surface area contributed by atoms with Gasteiger partial charge in [0.2, 0.25) is 0 Å². The summed E-state index contributed by atoms with van der Waals surface area (Å²) in [5.41, 5.74) is 1.40. The lowest BCUT2D eigenvalue weighted by atomic mass is 10.1. The zero-order valence-corrected chi connectivity index (χ0v) is 10.9. The van der Waals surface area contributed by atoms with E-state index >= 15 is 0 Å². The number of alkyl halides is 3. The molecule has 0 saturated carbocycles. The van der Waals surface area contributed by atoms with Crippen molar-refractivity contribution in [2.75, 3.05) is 5.32 Å². The highest BCUT2D eigenvalue weighted by Crippen LogP contribution is 2.23. The van der Waals surface area contributed by atoms with Gasteiger partial charge in [0.1, 0.15) is 6.07 Å². The number of anilines is 2. The van der Waals surface area contributed by atoms with Crippen LogP contribution in [0.5, 0.6) is 0 Å². The average Bonchev–Trinajstić information content (AvgIpc) is 2.46. The molecule has 1 heterocycles. The van der Waals surface area contributed by atoms with Crippen LogP contribution in [0.25, 0.3) is 0 Å². The van der Waals surface area contributed by atoms with Crippen molar-refractivity contribution in [3.8, 4) is 6.07 Å². The van der Waals surface area contributed by atoms with Crippen LogP contribution in [0.1, 0.15) is 17.7 Å². The maximum atomic E-state index is 12.2. The van der Waals surface area contributed by atoms with Gasteiger partial charge in [-0.25, -0.2) is 0 Å². The van der Waals surface area contributed by atoms with Gasteiger partial charge in [0.25, 0.3) is 0 Å². The number of hydrogen-bond acceptors (Lipinski definition) is 4. The van der Waals surface area contributed by atoms with Crippen LogP contribution in [0.4, 0.5) is 24.7 Å². The molecule has 1 N–H and O–H groups in total. The lowest BCUT2D eigenvalue weighted by Crippen LogP contribution is -2.08. The average molecular weight is 292 g/mol. The Bertz CT molecular complexity index is 645. The number of rotatable bonds is 4. The van der Waals surface area contributed by atoms with E-state index in [0.29, 0.717) is 17.1 Å². The molecule has 4 nitrogen and oxygen atoms in total. The summed E-state index contributed by atoms with van der Waals surface area (Å²) in [6.45, 7) is 0. The standard InChI is InChI=1S/C14H11F3N4/c15-14(16,17)7-6-10-2-1-3-11(8-10)19-13-5-4-12(9-18)20-21-13/h1-5,8H,6-7H2,(H,19,21). The highest BCUT2D eigenvalue weighted by molar-refractivity contribution is 5.56. The molecular weight excluding hydrogens is 281 g/mol. The van der Waals surface area contributed by atoms with Crippen molar-refractivity contribution in [2.45, 2.75) is 19.0 Å². The first kappa shape index (κ1) is 14.8. The van der Waals surface area contributed by atoms with Crippen LogP contribution in [0, 0.1) is 11.3 Å². The maximum absolute atomic E-state index is 12.2. The van der Waals surface area contributed by atoms with Crippen molar-refractivity contribution in [3.63, 3.8) is 0 Å². The van der Waals surface area contributed by atoms with Crippen LogP contribution in [-0.2, 0) is 6.42 Å². The van der Waals surface area contributed by atoms with E-state index in [-0.39, 0.29) is 12.1 Å². The minimum Gasteiger partial charge on any atom is -0.339 e. The van der Waals surface area contributed by atoms with Crippen molar-refractivity contribution in [2.24, 2.45) is 0 Å². The topological polar surface area (TPSA) is 61.6 Å². The molecule has 108 valence electrons. The molecule has 0 atom stereocenters. The summed E-state index contributed by atoms with van der Waals surface area (Å²) < 4.78 is 36.6. The van der Waals surface area contributed by atoms with E-state index in [1.165, 1.54) is 6.07 Å². The van der Waals surface area contributed by atoms with Crippen LogP contribution in [-0.4, -0.2) is 16.4 Å². The molecule has 0 radical (unpaired) electrons. The summed E-state index contributed by atoms with van der Waals surface area (Å²) in [5, 5.41) is 19.0. The molecule has 0 bridgehead atoms. The van der Waals surface area contributed by atoms with E-state index in [2.05, 4.69) is 15.5 Å². The molecule has 0 aliphatic heterocycles. The van der Waals surface area contributed by atoms with Crippen molar-refractivity contribution in [1.29, 1.82) is 5.26 Å². The summed E-state index contributed by atoms with van der Waals surface area (Å²) >= 11 is 0. The normalized spacial score (nSPS) is 11.0. The van der Waals surface area contributed by atoms with Gasteiger partial charge in [-0.05, 0) is 36.2 Å². The van der Waals surface area contributed by atoms with E-state index in [1.807, 2.05) is 6.07 Å². The van der Waals surface area contributed by atoms with Crippen molar-refractivity contribution >= 4 is 11.5 Å². The Morgan fingerprint density at radius 2 is 1.95 bits per heavy atom. The van der Waals surface area contributed by atoms with Crippen LogP contribution in [0.3, 0.4) is 0 Å². The van der Waals surface area contributed by atoms with Gasteiger partial charge in [0.15, 0.2) is 11.5 Å². The Kier molecular flexibility index (Phi) is 4.38. The Morgan fingerprint density at radius 3 is 2.57 bits per heavy atom. The number of nitrogens with one attached hydrogen (secondary N) is 1. The Hall–Kier alpha value is -2.62. The quantitative estimate of drug-likeness (QED) is 0.935. The second-order valence-corrected chi connectivity index (χ2v) is 4.36. The Balaban J connectivity index is 2.05. The monoisotopic (exact) mass is 292 g/mol. The minimum atomic E-state index is -4.16. The van der Waals surface area contributed by atoms with Gasteiger partial charge in [-0.15, -0.1) is 10.2 Å². The molecule has 1 aromatic heterocycles. The molecule has 0 aliphatic carbocycles. The van der Waals surface area contributed by atoms with E-state index in [4.69, 9.17) is 5.26 Å². The molecule has 0 fully saturated rings. The third kappa shape index (κ3) is 4.76. The molecule has 0 spiro atoms. The summed E-state index contributed by atoms with van der Waals surface area (Å²) in [6.07, 6.45) is -5.09. The molecule has 2 rings (SSSR count). The van der Waals surface area contributed by atoms with Crippen molar-refractivity contribution < 1.29 is 13.2 Å². The highest BCUT2D eigenvalue weighted by atomic mass is 19.4. The van der Waals surface area contributed by atoms with Gasteiger partial charge in [-0.1, -0.05) is 12.1 Å². The number of hydrogen-bond donors (Lipinski definition) is 1. The van der Waals surface area contributed by atoms with Gasteiger partial charge in [-0.3, -0.25) is 0 Å². The van der Waals surface area contributed by atoms with Crippen LogP contribution < -0.4 is 5.32 Å². The summed E-state index contributed by atoms with van der Waals surface area (Å²) in [5.74, 6) is 0.418. The van der Waals surface area contributed by atoms with Gasteiger partial charge in [0, 0.05) is 12.1 Å². The number of nitrogens with zero attached hydrogens (tertiary/aromatic N) is 3. The summed E-state index contributed by atoms with van der Waals surface area (Å²) in [6, 6.07) is 11.6. The summed E-state index contributed by atoms with van der Waals surface area (Å²) in [4.78, 5) is 0. The lowest BCUT2D eigenvalue weighted by Gasteiger charge is -2.09. The maximum Gasteiger partial charge on any atom is 0.389 e. The van der Waals surface area contributed by atoms with Gasteiger partial charge in [-0.2, -0.15) is 18.4 Å². The number of halogens is 3. The third-order valence-electron chi connectivity index (χ3n) is 2.68. The fourth-order valence-electron chi connectivity index (χ4n) is 1.70. The number of benzene rings is 1. The molecule has 1 aromatic carbocycles. The first-order valence-corrected chi connectivity index (χ1v) is 6.13. The second kappa shape index (κ2) is 6.22. The van der Waals surface area contributed by atoms with E-state index < -0.39 is 12.6 Å². The Labute approximate surface area is 119 Å². The highest BCUT2D eigenvalue weighted by Gasteiger charge is 2.26. The van der Waals surface area contributed by atoms with Crippen molar-refractivity contribution in [1.82, 2.24) is 10.2 Å². The van der Waals surface area contributed by atoms with Crippen LogP contribution in [0.15, 0.2) is 36.4 Å². The SMILES string of the molecule is N#Cc1ccc(Nc2cccc(CCC(F)(F)F)c2)nn1. The van der Waals surface area contributed by atoms with E-state index in [9.17, 15) is 13.2 Å². The number of aryl methyl sites for hydroxylation is 1. The second-order valence-electron chi connectivity index (χ2n) is 4.36. The molecular formula is C14H11F3N4. The molecule has 7 heteroatoms. The minimum absolute atomic E-state index is 0.0714. The van der Waals surface area contributed by atoms with Gasteiger partial charge >= 0.3 is 6.18 Å². The van der Waals surface area contributed by atoms with E-state index in [1.54, 1.807) is 30.3 Å². The fraction of sp³-hybridized carbons (Fsp3) is 0.214. The zero-order valence-electron chi connectivity index (χ0n) is 10.9. The van der Waals surface area contributed by atoms with Crippen molar-refractivity contribution in [3.05, 3.63) is 47.7 Å². The fourth-order valence-corrected chi connectivity index (χ4v) is 1.70. The smallest absolute Gasteiger partial charge is 0.339 e. The molecule has 0 amide bonds. The summed E-state index contributed by atoms with van der Waals surface area (Å²) in [7, 11) is 0. The Morgan fingerprint density at radius 1 is 1.14 bits per heavy atom. The molecule has 0 aliphatic rings. The molecule has 0 saturated heterocycles. The zero-order chi connectivity index (χ0) is 15.3. The van der Waals surface area contributed by atoms with Gasteiger partial charge < -0.3 is 5.32 Å². The van der Waals surface area contributed by atoms with E-state index in [0.717, 1.165) is 0 Å². The van der Waals surface area contributed by atoms with Crippen LogP contribution in [0.2, 0.25) is 0 Å².